The first-order chi connectivity index (χ1) is 4.93. The molecule has 1 nitrogen and oxygen atoms in total. The average molecular weight is 140 g/mol. The highest BCUT2D eigenvalue weighted by atomic mass is 16.5. The van der Waals surface area contributed by atoms with Crippen molar-refractivity contribution in [3.8, 4) is 0 Å². The molecule has 0 saturated carbocycles. The van der Waals surface area contributed by atoms with Crippen molar-refractivity contribution in [2.75, 3.05) is 6.61 Å². The molecule has 0 aromatic rings. The van der Waals surface area contributed by atoms with Crippen LogP contribution in [0.4, 0.5) is 0 Å². The third-order valence-corrected chi connectivity index (χ3v) is 1.84. The first kappa shape index (κ1) is 7.80. The predicted molar refractivity (Wildman–Crippen MR) is 43.0 cm³/mol. The molecule has 1 rings (SSSR count). The molecule has 1 heteroatoms. The van der Waals surface area contributed by atoms with Crippen LogP contribution in [0.2, 0.25) is 0 Å². The van der Waals surface area contributed by atoms with Crippen molar-refractivity contribution >= 4 is 0 Å². The molecule has 0 aromatic heterocycles. The van der Waals surface area contributed by atoms with E-state index >= 15 is 0 Å². The van der Waals surface area contributed by atoms with E-state index in [1.807, 2.05) is 0 Å². The largest absolute Gasteiger partial charge is 0.374 e. The van der Waals surface area contributed by atoms with E-state index < -0.39 is 0 Å². The van der Waals surface area contributed by atoms with Crippen LogP contribution in [-0.2, 0) is 4.74 Å². The smallest absolute Gasteiger partial charge is 0.0755 e. The molecule has 1 unspecified atom stereocenters. The zero-order chi connectivity index (χ0) is 7.23. The minimum atomic E-state index is 0.410. The predicted octanol–water partition coefficient (Wildman–Crippen LogP) is 2.52. The zero-order valence-corrected chi connectivity index (χ0v) is 6.68. The molecule has 1 atom stereocenters. The van der Waals surface area contributed by atoms with E-state index in [4.69, 9.17) is 4.74 Å². The summed E-state index contributed by atoms with van der Waals surface area (Å²) in [6.07, 6.45) is 9.96. The van der Waals surface area contributed by atoms with Gasteiger partial charge < -0.3 is 4.74 Å². The Bertz CT molecular complexity index is 107. The molecule has 0 radical (unpaired) electrons. The highest BCUT2D eigenvalue weighted by Crippen LogP contribution is 2.13. The van der Waals surface area contributed by atoms with Crippen molar-refractivity contribution in [1.82, 2.24) is 0 Å². The van der Waals surface area contributed by atoms with Gasteiger partial charge in [0, 0.05) is 6.61 Å². The first-order valence-corrected chi connectivity index (χ1v) is 4.21. The Hall–Kier alpha value is -0.300. The van der Waals surface area contributed by atoms with Gasteiger partial charge in [0.1, 0.15) is 0 Å². The minimum absolute atomic E-state index is 0.410. The lowest BCUT2D eigenvalue weighted by Gasteiger charge is -2.09. The fraction of sp³-hybridized carbons (Fsp3) is 0.778. The molecule has 0 heterocycles. The number of rotatable bonds is 2. The van der Waals surface area contributed by atoms with Gasteiger partial charge in [-0.25, -0.2) is 0 Å². The molecule has 0 bridgehead atoms. The van der Waals surface area contributed by atoms with Crippen LogP contribution >= 0.6 is 0 Å². The topological polar surface area (TPSA) is 9.23 Å². The van der Waals surface area contributed by atoms with Crippen LogP contribution in [-0.4, -0.2) is 12.7 Å². The lowest BCUT2D eigenvalue weighted by molar-refractivity contribution is 0.0898. The van der Waals surface area contributed by atoms with E-state index in [1.165, 1.54) is 25.7 Å². The molecule has 58 valence electrons. The minimum Gasteiger partial charge on any atom is -0.374 e. The Morgan fingerprint density at radius 2 is 2.40 bits per heavy atom. The monoisotopic (exact) mass is 140 g/mol. The fourth-order valence-electron chi connectivity index (χ4n) is 1.30. The molecule has 0 fully saturated rings. The van der Waals surface area contributed by atoms with E-state index in [0.29, 0.717) is 6.10 Å². The maximum atomic E-state index is 5.48. The number of hydrogen-bond acceptors (Lipinski definition) is 1. The van der Waals surface area contributed by atoms with Crippen molar-refractivity contribution in [2.24, 2.45) is 0 Å². The van der Waals surface area contributed by atoms with Crippen molar-refractivity contribution in [3.05, 3.63) is 12.2 Å². The van der Waals surface area contributed by atoms with Gasteiger partial charge in [0.25, 0.3) is 0 Å². The van der Waals surface area contributed by atoms with Crippen LogP contribution in [0.1, 0.15) is 32.6 Å². The Balaban J connectivity index is 2.27. The van der Waals surface area contributed by atoms with Crippen molar-refractivity contribution in [2.45, 2.75) is 38.7 Å². The highest BCUT2D eigenvalue weighted by Gasteiger charge is 2.05. The summed E-state index contributed by atoms with van der Waals surface area (Å²) < 4.78 is 5.48. The molecular weight excluding hydrogens is 124 g/mol. The molecule has 0 amide bonds. The molecule has 10 heavy (non-hydrogen) atoms. The summed E-state index contributed by atoms with van der Waals surface area (Å²) in [5.74, 6) is 0. The van der Waals surface area contributed by atoms with E-state index in [2.05, 4.69) is 19.1 Å². The van der Waals surface area contributed by atoms with Crippen LogP contribution in [0.5, 0.6) is 0 Å². The average Bonchev–Trinajstić information content (AvgIpc) is 2.17. The van der Waals surface area contributed by atoms with Gasteiger partial charge in [0.05, 0.1) is 6.10 Å². The Morgan fingerprint density at radius 1 is 1.50 bits per heavy atom. The number of hydrogen-bond donors (Lipinski definition) is 0. The Labute approximate surface area is 63.1 Å². The number of allylic oxidation sites excluding steroid dienone is 1. The number of ether oxygens (including phenoxy) is 1. The lowest BCUT2D eigenvalue weighted by Crippen LogP contribution is -2.07. The third kappa shape index (κ3) is 2.53. The van der Waals surface area contributed by atoms with Gasteiger partial charge in [-0.1, -0.05) is 18.6 Å². The van der Waals surface area contributed by atoms with E-state index in [9.17, 15) is 0 Å². The molecule has 0 aliphatic heterocycles. The summed E-state index contributed by atoms with van der Waals surface area (Å²) in [4.78, 5) is 0. The second kappa shape index (κ2) is 4.51. The Morgan fingerprint density at radius 3 is 3.20 bits per heavy atom. The lowest BCUT2D eigenvalue weighted by atomic mass is 10.2. The standard InChI is InChI=1S/C9H16O/c1-2-10-9-7-5-3-4-6-8-9/h5,7,9H,2-4,6,8H2,1H3. The molecule has 1 aliphatic rings. The van der Waals surface area contributed by atoms with Gasteiger partial charge in [0.2, 0.25) is 0 Å². The van der Waals surface area contributed by atoms with Crippen molar-refractivity contribution in [3.63, 3.8) is 0 Å². The van der Waals surface area contributed by atoms with Crippen LogP contribution in [0.15, 0.2) is 12.2 Å². The Kier molecular flexibility index (Phi) is 3.52. The molecule has 0 N–H and O–H groups in total. The summed E-state index contributed by atoms with van der Waals surface area (Å²) in [5.41, 5.74) is 0. The highest BCUT2D eigenvalue weighted by molar-refractivity contribution is 4.91. The molecule has 0 aromatic carbocycles. The summed E-state index contributed by atoms with van der Waals surface area (Å²) >= 11 is 0. The molecule has 0 spiro atoms. The molecular formula is C9H16O. The summed E-state index contributed by atoms with van der Waals surface area (Å²) in [5, 5.41) is 0. The quantitative estimate of drug-likeness (QED) is 0.535. The van der Waals surface area contributed by atoms with E-state index in [-0.39, 0.29) is 0 Å². The van der Waals surface area contributed by atoms with E-state index in [1.54, 1.807) is 0 Å². The molecule has 0 saturated heterocycles. The SMILES string of the molecule is CCOC1C=CCCCC1. The van der Waals surface area contributed by atoms with Crippen LogP contribution in [0.3, 0.4) is 0 Å². The first-order valence-electron chi connectivity index (χ1n) is 4.21. The van der Waals surface area contributed by atoms with Gasteiger partial charge >= 0.3 is 0 Å². The summed E-state index contributed by atoms with van der Waals surface area (Å²) in [6, 6.07) is 0. The fourth-order valence-corrected chi connectivity index (χ4v) is 1.30. The summed E-state index contributed by atoms with van der Waals surface area (Å²) in [6.45, 7) is 2.90. The third-order valence-electron chi connectivity index (χ3n) is 1.84. The van der Waals surface area contributed by atoms with Gasteiger partial charge in [-0.2, -0.15) is 0 Å². The second-order valence-electron chi connectivity index (χ2n) is 2.71. The van der Waals surface area contributed by atoms with Crippen molar-refractivity contribution in [1.29, 1.82) is 0 Å². The van der Waals surface area contributed by atoms with Gasteiger partial charge in [-0.3, -0.25) is 0 Å². The normalized spacial score (nSPS) is 26.3. The zero-order valence-electron chi connectivity index (χ0n) is 6.68. The van der Waals surface area contributed by atoms with Crippen LogP contribution < -0.4 is 0 Å². The van der Waals surface area contributed by atoms with Gasteiger partial charge in [0.15, 0.2) is 0 Å². The van der Waals surface area contributed by atoms with Gasteiger partial charge in [-0.15, -0.1) is 0 Å². The van der Waals surface area contributed by atoms with Crippen LogP contribution in [0, 0.1) is 0 Å². The maximum absolute atomic E-state index is 5.48. The summed E-state index contributed by atoms with van der Waals surface area (Å²) in [7, 11) is 0. The van der Waals surface area contributed by atoms with Crippen molar-refractivity contribution < 1.29 is 4.74 Å². The maximum Gasteiger partial charge on any atom is 0.0755 e. The van der Waals surface area contributed by atoms with Gasteiger partial charge in [-0.05, 0) is 26.2 Å². The van der Waals surface area contributed by atoms with E-state index in [0.717, 1.165) is 6.61 Å². The second-order valence-corrected chi connectivity index (χ2v) is 2.71. The van der Waals surface area contributed by atoms with Crippen LogP contribution in [0.25, 0.3) is 0 Å². The molecule has 1 aliphatic carbocycles.